The molecule has 0 saturated heterocycles. The second kappa shape index (κ2) is 5.49. The quantitative estimate of drug-likeness (QED) is 0.741. The summed E-state index contributed by atoms with van der Waals surface area (Å²) in [6.07, 6.45) is 2.60. The average Bonchev–Trinajstić information content (AvgIpc) is 3.25. The summed E-state index contributed by atoms with van der Waals surface area (Å²) in [6.45, 7) is 2.12. The Morgan fingerprint density at radius 1 is 1.30 bits per heavy atom. The molecule has 0 atom stereocenters. The van der Waals surface area contributed by atoms with E-state index in [1.165, 1.54) is 16.9 Å². The third-order valence-electron chi connectivity index (χ3n) is 4.30. The SMILES string of the molecule is CCOC(=O)c1c(NC(=O)C2CC2)sc2c1Cc1ccccc1-2. The van der Waals surface area contributed by atoms with Gasteiger partial charge in [0.15, 0.2) is 0 Å². The number of esters is 1. The molecule has 1 N–H and O–H groups in total. The molecule has 2 aliphatic rings. The maximum absolute atomic E-state index is 12.4. The minimum Gasteiger partial charge on any atom is -0.462 e. The van der Waals surface area contributed by atoms with Crippen LogP contribution in [-0.4, -0.2) is 18.5 Å². The number of carbonyl (C=O) groups excluding carboxylic acids is 2. The minimum atomic E-state index is -0.344. The zero-order valence-electron chi connectivity index (χ0n) is 12.8. The van der Waals surface area contributed by atoms with Gasteiger partial charge in [0.1, 0.15) is 5.00 Å². The van der Waals surface area contributed by atoms with Crippen molar-refractivity contribution in [1.82, 2.24) is 0 Å². The highest BCUT2D eigenvalue weighted by Crippen LogP contribution is 2.48. The van der Waals surface area contributed by atoms with E-state index in [0.717, 1.165) is 35.3 Å². The van der Waals surface area contributed by atoms with Gasteiger partial charge in [-0.3, -0.25) is 4.79 Å². The highest BCUT2D eigenvalue weighted by atomic mass is 32.1. The van der Waals surface area contributed by atoms with Gasteiger partial charge < -0.3 is 10.1 Å². The molecular weight excluding hydrogens is 310 g/mol. The van der Waals surface area contributed by atoms with Gasteiger partial charge >= 0.3 is 5.97 Å². The molecule has 0 radical (unpaired) electrons. The number of hydrogen-bond acceptors (Lipinski definition) is 4. The molecular formula is C18H17NO3S. The Kier molecular flexibility index (Phi) is 3.45. The van der Waals surface area contributed by atoms with Gasteiger partial charge in [0.05, 0.1) is 12.2 Å². The maximum Gasteiger partial charge on any atom is 0.341 e. The third kappa shape index (κ3) is 2.45. The number of hydrogen-bond donors (Lipinski definition) is 1. The van der Waals surface area contributed by atoms with Crippen LogP contribution in [0.5, 0.6) is 0 Å². The Morgan fingerprint density at radius 3 is 2.83 bits per heavy atom. The summed E-state index contributed by atoms with van der Waals surface area (Å²) in [7, 11) is 0. The van der Waals surface area contributed by atoms with Crippen LogP contribution in [0.3, 0.4) is 0 Å². The first-order valence-corrected chi connectivity index (χ1v) is 8.72. The van der Waals surface area contributed by atoms with Crippen molar-refractivity contribution in [3.8, 4) is 10.4 Å². The fraction of sp³-hybridized carbons (Fsp3) is 0.333. The van der Waals surface area contributed by atoms with Crippen molar-refractivity contribution >= 4 is 28.2 Å². The Bertz CT molecular complexity index is 805. The highest BCUT2D eigenvalue weighted by molar-refractivity contribution is 7.20. The standard InChI is InChI=1S/C18H17NO3S/c1-2-22-18(21)14-13-9-11-5-3-4-6-12(11)15(13)23-17(14)19-16(20)10-7-8-10/h3-6,10H,2,7-9H2,1H3,(H,19,20). The molecule has 2 aliphatic carbocycles. The molecule has 1 saturated carbocycles. The van der Waals surface area contributed by atoms with E-state index in [4.69, 9.17) is 4.74 Å². The second-order valence-electron chi connectivity index (χ2n) is 5.93. The summed E-state index contributed by atoms with van der Waals surface area (Å²) in [5.41, 5.74) is 3.90. The number of anilines is 1. The molecule has 0 unspecified atom stereocenters. The molecule has 0 bridgehead atoms. The topological polar surface area (TPSA) is 55.4 Å². The smallest absolute Gasteiger partial charge is 0.341 e. The summed E-state index contributed by atoms with van der Waals surface area (Å²) < 4.78 is 5.23. The van der Waals surface area contributed by atoms with E-state index < -0.39 is 0 Å². The van der Waals surface area contributed by atoms with Gasteiger partial charge in [0.2, 0.25) is 5.91 Å². The van der Waals surface area contributed by atoms with Gasteiger partial charge in [0, 0.05) is 17.2 Å². The summed E-state index contributed by atoms with van der Waals surface area (Å²) in [5, 5.41) is 3.59. The van der Waals surface area contributed by atoms with Crippen molar-refractivity contribution in [2.24, 2.45) is 5.92 Å². The average molecular weight is 327 g/mol. The molecule has 23 heavy (non-hydrogen) atoms. The molecule has 0 aliphatic heterocycles. The lowest BCUT2D eigenvalue weighted by Crippen LogP contribution is -2.16. The van der Waals surface area contributed by atoms with Crippen molar-refractivity contribution < 1.29 is 14.3 Å². The van der Waals surface area contributed by atoms with E-state index in [1.807, 2.05) is 12.1 Å². The molecule has 1 aromatic heterocycles. The predicted molar refractivity (Wildman–Crippen MR) is 89.9 cm³/mol. The number of carbonyl (C=O) groups is 2. The number of nitrogens with one attached hydrogen (secondary N) is 1. The monoisotopic (exact) mass is 327 g/mol. The molecule has 1 amide bonds. The van der Waals surface area contributed by atoms with E-state index in [1.54, 1.807) is 6.92 Å². The number of thiophene rings is 1. The lowest BCUT2D eigenvalue weighted by atomic mass is 10.1. The highest BCUT2D eigenvalue weighted by Gasteiger charge is 2.34. The third-order valence-corrected chi connectivity index (χ3v) is 5.48. The zero-order chi connectivity index (χ0) is 16.0. The fourth-order valence-corrected chi connectivity index (χ4v) is 4.28. The van der Waals surface area contributed by atoms with Crippen LogP contribution >= 0.6 is 11.3 Å². The number of amides is 1. The molecule has 2 aromatic rings. The van der Waals surface area contributed by atoms with Gasteiger partial charge in [-0.05, 0) is 36.5 Å². The summed E-state index contributed by atoms with van der Waals surface area (Å²) in [6, 6.07) is 8.16. The van der Waals surface area contributed by atoms with E-state index in [-0.39, 0.29) is 17.8 Å². The first-order valence-electron chi connectivity index (χ1n) is 7.91. The molecule has 1 aromatic carbocycles. The number of ether oxygens (including phenoxy) is 1. The number of rotatable bonds is 4. The summed E-state index contributed by atoms with van der Waals surface area (Å²) >= 11 is 1.49. The Hall–Kier alpha value is -2.14. The van der Waals surface area contributed by atoms with Crippen molar-refractivity contribution in [3.05, 3.63) is 41.0 Å². The lowest BCUT2D eigenvalue weighted by Gasteiger charge is -2.07. The fourth-order valence-electron chi connectivity index (χ4n) is 3.00. The molecule has 4 rings (SSSR count). The normalized spacial score (nSPS) is 15.0. The van der Waals surface area contributed by atoms with E-state index in [2.05, 4.69) is 17.4 Å². The van der Waals surface area contributed by atoms with Gasteiger partial charge in [-0.2, -0.15) is 0 Å². The van der Waals surface area contributed by atoms with Gasteiger partial charge in [-0.1, -0.05) is 24.3 Å². The largest absolute Gasteiger partial charge is 0.462 e. The van der Waals surface area contributed by atoms with E-state index >= 15 is 0 Å². The van der Waals surface area contributed by atoms with Crippen LogP contribution in [0.25, 0.3) is 10.4 Å². The van der Waals surface area contributed by atoms with Crippen LogP contribution < -0.4 is 5.32 Å². The number of benzene rings is 1. The van der Waals surface area contributed by atoms with Crippen LogP contribution in [0.1, 0.15) is 41.3 Å². The predicted octanol–water partition coefficient (Wildman–Crippen LogP) is 3.84. The Morgan fingerprint density at radius 2 is 2.09 bits per heavy atom. The van der Waals surface area contributed by atoms with Crippen LogP contribution in [0.2, 0.25) is 0 Å². The Labute approximate surface area is 138 Å². The minimum absolute atomic E-state index is 0.0174. The molecule has 4 nitrogen and oxygen atoms in total. The molecule has 5 heteroatoms. The van der Waals surface area contributed by atoms with Crippen molar-refractivity contribution in [3.63, 3.8) is 0 Å². The molecule has 118 valence electrons. The van der Waals surface area contributed by atoms with Crippen molar-refractivity contribution in [2.45, 2.75) is 26.2 Å². The first-order chi connectivity index (χ1) is 11.2. The van der Waals surface area contributed by atoms with Gasteiger partial charge in [-0.25, -0.2) is 4.79 Å². The van der Waals surface area contributed by atoms with Gasteiger partial charge in [0.25, 0.3) is 0 Å². The summed E-state index contributed by atoms with van der Waals surface area (Å²) in [4.78, 5) is 25.6. The molecule has 1 heterocycles. The van der Waals surface area contributed by atoms with Crippen molar-refractivity contribution in [1.29, 1.82) is 0 Å². The second-order valence-corrected chi connectivity index (χ2v) is 6.95. The van der Waals surface area contributed by atoms with Crippen molar-refractivity contribution in [2.75, 3.05) is 11.9 Å². The van der Waals surface area contributed by atoms with E-state index in [9.17, 15) is 9.59 Å². The van der Waals surface area contributed by atoms with Gasteiger partial charge in [-0.15, -0.1) is 11.3 Å². The molecule has 0 spiro atoms. The molecule has 1 fully saturated rings. The first kappa shape index (κ1) is 14.5. The Balaban J connectivity index is 1.77. The lowest BCUT2D eigenvalue weighted by molar-refractivity contribution is -0.117. The summed E-state index contributed by atoms with van der Waals surface area (Å²) in [5.74, 6) is -0.220. The maximum atomic E-state index is 12.4. The van der Waals surface area contributed by atoms with E-state index in [0.29, 0.717) is 17.2 Å². The van der Waals surface area contributed by atoms with Crippen LogP contribution in [-0.2, 0) is 16.0 Å². The number of fused-ring (bicyclic) bond motifs is 3. The van der Waals surface area contributed by atoms with Crippen LogP contribution in [0.4, 0.5) is 5.00 Å². The zero-order valence-corrected chi connectivity index (χ0v) is 13.7. The van der Waals surface area contributed by atoms with Crippen LogP contribution in [0.15, 0.2) is 24.3 Å². The van der Waals surface area contributed by atoms with Crippen LogP contribution in [0, 0.1) is 5.92 Å².